The Balaban J connectivity index is 1.70. The molecule has 3 rings (SSSR count). The lowest BCUT2D eigenvalue weighted by Gasteiger charge is -2.32. The quantitative estimate of drug-likeness (QED) is 0.592. The molecule has 0 aliphatic carbocycles. The second kappa shape index (κ2) is 8.26. The summed E-state index contributed by atoms with van der Waals surface area (Å²) in [5.41, 5.74) is 4.92. The van der Waals surface area contributed by atoms with Gasteiger partial charge >= 0.3 is 6.03 Å². The van der Waals surface area contributed by atoms with E-state index < -0.39 is 0 Å². The van der Waals surface area contributed by atoms with E-state index in [1.54, 1.807) is 6.20 Å². The lowest BCUT2D eigenvalue weighted by atomic mass is 9.82. The fourth-order valence-corrected chi connectivity index (χ4v) is 3.21. The molecule has 2 N–H and O–H groups in total. The van der Waals surface area contributed by atoms with Crippen LogP contribution in [0.3, 0.4) is 0 Å². The first-order valence-electron chi connectivity index (χ1n) is 9.48. The first-order chi connectivity index (χ1) is 13.3. The van der Waals surface area contributed by atoms with Gasteiger partial charge in [-0.05, 0) is 53.3 Å². The Labute approximate surface area is 167 Å². The average Bonchev–Trinajstić information content (AvgIpc) is 2.66. The third kappa shape index (κ3) is 4.97. The molecule has 0 bridgehead atoms. The predicted molar refractivity (Wildman–Crippen MR) is 115 cm³/mol. The number of nitrogens with zero attached hydrogens (tertiary/aromatic N) is 1. The Morgan fingerprint density at radius 3 is 2.21 bits per heavy atom. The Morgan fingerprint density at radius 2 is 1.61 bits per heavy atom. The molecule has 0 spiro atoms. The second-order valence-corrected chi connectivity index (χ2v) is 8.07. The highest BCUT2D eigenvalue weighted by atomic mass is 16.2. The van der Waals surface area contributed by atoms with E-state index in [2.05, 4.69) is 36.4 Å². The molecule has 4 nitrogen and oxygen atoms in total. The van der Waals surface area contributed by atoms with Gasteiger partial charge in [0.05, 0.1) is 6.04 Å². The van der Waals surface area contributed by atoms with Gasteiger partial charge in [-0.25, -0.2) is 4.79 Å². The lowest BCUT2D eigenvalue weighted by Crippen LogP contribution is -2.39. The Kier molecular flexibility index (Phi) is 5.78. The zero-order chi connectivity index (χ0) is 20.1. The van der Waals surface area contributed by atoms with Crippen molar-refractivity contribution in [2.24, 2.45) is 5.41 Å². The van der Waals surface area contributed by atoms with E-state index in [0.29, 0.717) is 0 Å². The summed E-state index contributed by atoms with van der Waals surface area (Å²) in [6, 6.07) is 21.6. The number of aromatic nitrogens is 1. The van der Waals surface area contributed by atoms with Crippen LogP contribution in [0.1, 0.15) is 38.1 Å². The van der Waals surface area contributed by atoms with Crippen LogP contribution in [0.4, 0.5) is 10.5 Å². The van der Waals surface area contributed by atoms with Crippen molar-refractivity contribution in [2.45, 2.75) is 33.7 Å². The SMILES string of the molecule is Cc1cc(-c2ccc(NC(=O)NC(c3ccccc3)C(C)(C)C)cc2)ccn1. The number of hydrogen-bond donors (Lipinski definition) is 2. The summed E-state index contributed by atoms with van der Waals surface area (Å²) in [5, 5.41) is 6.06. The molecule has 0 aliphatic rings. The number of urea groups is 1. The number of carbonyl (C=O) groups excluding carboxylic acids is 1. The summed E-state index contributed by atoms with van der Waals surface area (Å²) in [6.45, 7) is 8.34. The number of carbonyl (C=O) groups is 1. The largest absolute Gasteiger partial charge is 0.331 e. The molecule has 4 heteroatoms. The van der Waals surface area contributed by atoms with Gasteiger partial charge in [0.15, 0.2) is 0 Å². The molecule has 1 heterocycles. The Morgan fingerprint density at radius 1 is 0.929 bits per heavy atom. The van der Waals surface area contributed by atoms with E-state index in [9.17, 15) is 4.79 Å². The standard InChI is InChI=1S/C24H27N3O/c1-17-16-20(14-15-25-17)18-10-12-21(13-11-18)26-23(28)27-22(24(2,3)4)19-8-6-5-7-9-19/h5-16,22H,1-4H3,(H2,26,27,28). The van der Waals surface area contributed by atoms with Crippen molar-refractivity contribution >= 4 is 11.7 Å². The van der Waals surface area contributed by atoms with Crippen LogP contribution in [0.25, 0.3) is 11.1 Å². The molecule has 2 amide bonds. The summed E-state index contributed by atoms with van der Waals surface area (Å²) in [6.07, 6.45) is 1.81. The minimum atomic E-state index is -0.212. The number of hydrogen-bond acceptors (Lipinski definition) is 2. The molecule has 1 unspecified atom stereocenters. The zero-order valence-corrected chi connectivity index (χ0v) is 16.9. The molecular formula is C24H27N3O. The molecule has 1 aromatic heterocycles. The van der Waals surface area contributed by atoms with Crippen LogP contribution in [0, 0.1) is 12.3 Å². The van der Waals surface area contributed by atoms with Gasteiger partial charge in [-0.1, -0.05) is 63.2 Å². The maximum Gasteiger partial charge on any atom is 0.319 e. The van der Waals surface area contributed by atoms with Crippen LogP contribution in [-0.4, -0.2) is 11.0 Å². The molecule has 1 atom stereocenters. The molecule has 0 saturated carbocycles. The summed E-state index contributed by atoms with van der Waals surface area (Å²) in [4.78, 5) is 16.8. The number of aryl methyl sites for hydroxylation is 1. The molecule has 0 saturated heterocycles. The lowest BCUT2D eigenvalue weighted by molar-refractivity contribution is 0.229. The van der Waals surface area contributed by atoms with Crippen LogP contribution in [-0.2, 0) is 0 Å². The van der Waals surface area contributed by atoms with E-state index in [4.69, 9.17) is 0 Å². The highest BCUT2D eigenvalue weighted by Gasteiger charge is 2.27. The molecular weight excluding hydrogens is 346 g/mol. The van der Waals surface area contributed by atoms with E-state index in [1.165, 1.54) is 0 Å². The third-order valence-electron chi connectivity index (χ3n) is 4.65. The van der Waals surface area contributed by atoms with Crippen molar-refractivity contribution < 1.29 is 4.79 Å². The number of benzene rings is 2. The van der Waals surface area contributed by atoms with Crippen molar-refractivity contribution in [3.63, 3.8) is 0 Å². The van der Waals surface area contributed by atoms with E-state index in [1.807, 2.05) is 73.7 Å². The van der Waals surface area contributed by atoms with Crippen molar-refractivity contribution in [1.82, 2.24) is 10.3 Å². The summed E-state index contributed by atoms with van der Waals surface area (Å²) in [5.74, 6) is 0. The number of rotatable bonds is 4. The van der Waals surface area contributed by atoms with Gasteiger partial charge in [0.25, 0.3) is 0 Å². The topological polar surface area (TPSA) is 54.0 Å². The highest BCUT2D eigenvalue weighted by Crippen LogP contribution is 2.32. The molecule has 3 aromatic rings. The van der Waals surface area contributed by atoms with Crippen molar-refractivity contribution in [3.05, 3.63) is 84.2 Å². The molecule has 28 heavy (non-hydrogen) atoms. The first kappa shape index (κ1) is 19.6. The van der Waals surface area contributed by atoms with E-state index in [0.717, 1.165) is 28.1 Å². The van der Waals surface area contributed by atoms with Crippen LogP contribution in [0.2, 0.25) is 0 Å². The predicted octanol–water partition coefficient (Wildman–Crippen LogP) is 5.97. The van der Waals surface area contributed by atoms with Crippen molar-refractivity contribution in [3.8, 4) is 11.1 Å². The van der Waals surface area contributed by atoms with Crippen LogP contribution >= 0.6 is 0 Å². The van der Waals surface area contributed by atoms with Gasteiger partial charge in [-0.15, -0.1) is 0 Å². The van der Waals surface area contributed by atoms with E-state index >= 15 is 0 Å². The van der Waals surface area contributed by atoms with Crippen molar-refractivity contribution in [2.75, 3.05) is 5.32 Å². The van der Waals surface area contributed by atoms with Gasteiger partial charge in [-0.3, -0.25) is 4.98 Å². The number of nitrogens with one attached hydrogen (secondary N) is 2. The maximum absolute atomic E-state index is 12.6. The minimum absolute atomic E-state index is 0.0900. The highest BCUT2D eigenvalue weighted by molar-refractivity contribution is 5.90. The Hall–Kier alpha value is -3.14. The van der Waals surface area contributed by atoms with Crippen LogP contribution in [0.15, 0.2) is 72.9 Å². The number of amides is 2. The third-order valence-corrected chi connectivity index (χ3v) is 4.65. The van der Waals surface area contributed by atoms with Crippen LogP contribution in [0.5, 0.6) is 0 Å². The Bertz CT molecular complexity index is 928. The van der Waals surface area contributed by atoms with Gasteiger partial charge in [0.1, 0.15) is 0 Å². The smallest absolute Gasteiger partial charge is 0.319 e. The van der Waals surface area contributed by atoms with Crippen LogP contribution < -0.4 is 10.6 Å². The van der Waals surface area contributed by atoms with Gasteiger partial charge in [0, 0.05) is 17.6 Å². The monoisotopic (exact) mass is 373 g/mol. The molecule has 0 aliphatic heterocycles. The first-order valence-corrected chi connectivity index (χ1v) is 9.48. The average molecular weight is 374 g/mol. The maximum atomic E-state index is 12.6. The van der Waals surface area contributed by atoms with Gasteiger partial charge in [0.2, 0.25) is 0 Å². The van der Waals surface area contributed by atoms with Gasteiger partial charge in [-0.2, -0.15) is 0 Å². The zero-order valence-electron chi connectivity index (χ0n) is 16.9. The van der Waals surface area contributed by atoms with Crippen molar-refractivity contribution in [1.29, 1.82) is 0 Å². The summed E-state index contributed by atoms with van der Waals surface area (Å²) in [7, 11) is 0. The summed E-state index contributed by atoms with van der Waals surface area (Å²) < 4.78 is 0. The molecule has 2 aromatic carbocycles. The number of anilines is 1. The second-order valence-electron chi connectivity index (χ2n) is 8.07. The fraction of sp³-hybridized carbons (Fsp3) is 0.250. The van der Waals surface area contributed by atoms with Gasteiger partial charge < -0.3 is 10.6 Å². The van der Waals surface area contributed by atoms with E-state index in [-0.39, 0.29) is 17.5 Å². The summed E-state index contributed by atoms with van der Waals surface area (Å²) >= 11 is 0. The molecule has 0 radical (unpaired) electrons. The fourth-order valence-electron chi connectivity index (χ4n) is 3.21. The minimum Gasteiger partial charge on any atom is -0.331 e. The number of pyridine rings is 1. The molecule has 0 fully saturated rings. The molecule has 144 valence electrons. The normalized spacial score (nSPS) is 12.3.